The van der Waals surface area contributed by atoms with E-state index >= 15 is 0 Å². The van der Waals surface area contributed by atoms with E-state index in [1.165, 1.54) is 0 Å². The number of hydrogen-bond acceptors (Lipinski definition) is 4. The fourth-order valence-corrected chi connectivity index (χ4v) is 1.81. The van der Waals surface area contributed by atoms with Crippen LogP contribution in [0.3, 0.4) is 0 Å². The van der Waals surface area contributed by atoms with Gasteiger partial charge in [0, 0.05) is 5.92 Å². The van der Waals surface area contributed by atoms with Crippen molar-refractivity contribution in [2.45, 2.75) is 31.6 Å². The van der Waals surface area contributed by atoms with Gasteiger partial charge in [0.15, 0.2) is 0 Å². The van der Waals surface area contributed by atoms with Crippen LogP contribution in [-0.4, -0.2) is 21.4 Å². The van der Waals surface area contributed by atoms with Crippen LogP contribution in [0.4, 0.5) is 0 Å². The van der Waals surface area contributed by atoms with Gasteiger partial charge in [-0.2, -0.15) is 0 Å². The summed E-state index contributed by atoms with van der Waals surface area (Å²) in [4.78, 5) is 10.7. The fraction of sp³-hybridized carbons (Fsp3) is 0.625. The highest BCUT2D eigenvalue weighted by atomic mass is 16.6. The molecule has 0 saturated heterocycles. The Morgan fingerprint density at radius 1 is 1.38 bits per heavy atom. The lowest BCUT2D eigenvalue weighted by molar-refractivity contribution is 0.0683. The molecule has 1 aliphatic rings. The Morgan fingerprint density at radius 2 is 2.08 bits per heavy atom. The number of nitrogens with zero attached hydrogens (tertiary/aromatic N) is 2. The predicted octanol–water partition coefficient (Wildman–Crippen LogP) is 1.43. The maximum absolute atomic E-state index is 10.7. The Morgan fingerprint density at radius 3 is 2.69 bits per heavy atom. The summed E-state index contributed by atoms with van der Waals surface area (Å²) < 4.78 is 4.44. The van der Waals surface area contributed by atoms with Crippen LogP contribution in [0.5, 0.6) is 0 Å². The van der Waals surface area contributed by atoms with Crippen molar-refractivity contribution in [1.82, 2.24) is 10.3 Å². The van der Waals surface area contributed by atoms with Crippen LogP contribution in [0.2, 0.25) is 0 Å². The van der Waals surface area contributed by atoms with Gasteiger partial charge >= 0.3 is 5.97 Å². The maximum atomic E-state index is 10.7. The van der Waals surface area contributed by atoms with E-state index in [1.807, 2.05) is 0 Å². The summed E-state index contributed by atoms with van der Waals surface area (Å²) in [6.07, 6.45) is 4.26. The summed E-state index contributed by atoms with van der Waals surface area (Å²) in [5, 5.41) is 15.8. The molecule has 0 spiro atoms. The molecule has 0 amide bonds. The van der Waals surface area contributed by atoms with E-state index in [0.29, 0.717) is 5.69 Å². The first-order valence-corrected chi connectivity index (χ1v) is 4.35. The molecule has 1 aromatic heterocycles. The lowest BCUT2D eigenvalue weighted by Gasteiger charge is -2.02. The normalized spacial score (nSPS) is 17.8. The van der Waals surface area contributed by atoms with Crippen LogP contribution >= 0.6 is 0 Å². The minimum Gasteiger partial charge on any atom is -0.476 e. The van der Waals surface area contributed by atoms with Crippen molar-refractivity contribution >= 4 is 5.97 Å². The molecule has 0 radical (unpaired) electrons. The van der Waals surface area contributed by atoms with Gasteiger partial charge in [-0.15, -0.1) is 0 Å². The third-order valence-electron chi connectivity index (χ3n) is 2.46. The minimum absolute atomic E-state index is 0.0214. The molecular formula is C8H10N2O3. The van der Waals surface area contributed by atoms with Crippen molar-refractivity contribution in [2.75, 3.05) is 0 Å². The van der Waals surface area contributed by atoms with Gasteiger partial charge in [-0.1, -0.05) is 18.0 Å². The topological polar surface area (TPSA) is 76.2 Å². The summed E-state index contributed by atoms with van der Waals surface area (Å²) in [6.45, 7) is 0. The quantitative estimate of drug-likeness (QED) is 0.748. The van der Waals surface area contributed by atoms with E-state index < -0.39 is 5.97 Å². The molecule has 5 heteroatoms. The first-order valence-electron chi connectivity index (χ1n) is 4.35. The van der Waals surface area contributed by atoms with Gasteiger partial charge in [0.2, 0.25) is 5.69 Å². The molecular weight excluding hydrogens is 172 g/mol. The van der Waals surface area contributed by atoms with Gasteiger partial charge in [0.25, 0.3) is 0 Å². The Balaban J connectivity index is 2.28. The van der Waals surface area contributed by atoms with Crippen LogP contribution in [0.1, 0.15) is 47.8 Å². The van der Waals surface area contributed by atoms with E-state index in [0.717, 1.165) is 25.7 Å². The monoisotopic (exact) mass is 182 g/mol. The number of carboxylic acid groups (broad SMARTS) is 1. The number of aromatic nitrogens is 2. The van der Waals surface area contributed by atoms with Crippen molar-refractivity contribution in [3.8, 4) is 0 Å². The van der Waals surface area contributed by atoms with E-state index in [4.69, 9.17) is 5.11 Å². The summed E-state index contributed by atoms with van der Waals surface area (Å²) >= 11 is 0. The highest BCUT2D eigenvalue weighted by molar-refractivity contribution is 5.86. The average molecular weight is 182 g/mol. The van der Waals surface area contributed by atoms with Crippen molar-refractivity contribution in [1.29, 1.82) is 0 Å². The van der Waals surface area contributed by atoms with Crippen LogP contribution in [0.15, 0.2) is 4.63 Å². The van der Waals surface area contributed by atoms with E-state index in [-0.39, 0.29) is 11.6 Å². The first kappa shape index (κ1) is 8.22. The summed E-state index contributed by atoms with van der Waals surface area (Å²) in [6, 6.07) is 0. The molecule has 1 heterocycles. The highest BCUT2D eigenvalue weighted by Crippen LogP contribution is 2.34. The molecule has 1 saturated carbocycles. The number of rotatable bonds is 2. The Bertz CT molecular complexity index is 315. The largest absolute Gasteiger partial charge is 0.476 e. The molecule has 0 aliphatic heterocycles. The van der Waals surface area contributed by atoms with Crippen molar-refractivity contribution in [3.05, 3.63) is 11.4 Å². The standard InChI is InChI=1S/C8H10N2O3/c11-8(12)7-6(9-13-10-7)5-3-1-2-4-5/h5H,1-4H2,(H,11,12). The Labute approximate surface area is 74.7 Å². The van der Waals surface area contributed by atoms with E-state index in [1.54, 1.807) is 0 Å². The van der Waals surface area contributed by atoms with Gasteiger partial charge < -0.3 is 5.11 Å². The maximum Gasteiger partial charge on any atom is 0.360 e. The highest BCUT2D eigenvalue weighted by Gasteiger charge is 2.27. The molecule has 0 unspecified atom stereocenters. The molecule has 1 fully saturated rings. The second-order valence-electron chi connectivity index (χ2n) is 3.28. The molecule has 5 nitrogen and oxygen atoms in total. The van der Waals surface area contributed by atoms with Gasteiger partial charge in [-0.3, -0.25) is 0 Å². The Hall–Kier alpha value is -1.39. The van der Waals surface area contributed by atoms with Crippen molar-refractivity contribution in [2.24, 2.45) is 0 Å². The van der Waals surface area contributed by atoms with Gasteiger partial charge in [-0.05, 0) is 18.0 Å². The van der Waals surface area contributed by atoms with Crippen LogP contribution in [0, 0.1) is 0 Å². The van der Waals surface area contributed by atoms with E-state index in [9.17, 15) is 4.79 Å². The van der Waals surface area contributed by atoms with Crippen molar-refractivity contribution < 1.29 is 14.5 Å². The second-order valence-corrected chi connectivity index (χ2v) is 3.28. The average Bonchev–Trinajstić information content (AvgIpc) is 2.74. The third-order valence-corrected chi connectivity index (χ3v) is 2.46. The number of hydrogen-bond donors (Lipinski definition) is 1. The Kier molecular flexibility index (Phi) is 2.00. The van der Waals surface area contributed by atoms with Gasteiger partial charge in [0.1, 0.15) is 5.69 Å². The minimum atomic E-state index is -1.05. The molecule has 1 aromatic rings. The van der Waals surface area contributed by atoms with Crippen molar-refractivity contribution in [3.63, 3.8) is 0 Å². The van der Waals surface area contributed by atoms with Crippen LogP contribution in [0.25, 0.3) is 0 Å². The number of carbonyl (C=O) groups is 1. The summed E-state index contributed by atoms with van der Waals surface area (Å²) in [5.41, 5.74) is 0.497. The zero-order valence-corrected chi connectivity index (χ0v) is 7.06. The molecule has 1 aliphatic carbocycles. The van der Waals surface area contributed by atoms with Gasteiger partial charge in [-0.25, -0.2) is 9.42 Å². The summed E-state index contributed by atoms with van der Waals surface area (Å²) in [7, 11) is 0. The molecule has 0 bridgehead atoms. The fourth-order valence-electron chi connectivity index (χ4n) is 1.81. The molecule has 0 aromatic carbocycles. The zero-order valence-electron chi connectivity index (χ0n) is 7.06. The zero-order chi connectivity index (χ0) is 9.26. The first-order chi connectivity index (χ1) is 6.29. The molecule has 1 N–H and O–H groups in total. The smallest absolute Gasteiger partial charge is 0.360 e. The van der Waals surface area contributed by atoms with E-state index in [2.05, 4.69) is 14.9 Å². The molecule has 0 atom stereocenters. The number of carboxylic acids is 1. The third kappa shape index (κ3) is 1.41. The molecule has 2 rings (SSSR count). The van der Waals surface area contributed by atoms with Crippen LogP contribution in [-0.2, 0) is 0 Å². The number of aromatic carboxylic acids is 1. The lowest BCUT2D eigenvalue weighted by Crippen LogP contribution is -2.04. The second kappa shape index (κ2) is 3.16. The predicted molar refractivity (Wildman–Crippen MR) is 42.5 cm³/mol. The lowest BCUT2D eigenvalue weighted by atomic mass is 10.0. The molecule has 13 heavy (non-hydrogen) atoms. The summed E-state index contributed by atoms with van der Waals surface area (Å²) in [5.74, 6) is -0.819. The molecule has 70 valence electrons. The van der Waals surface area contributed by atoms with Gasteiger partial charge in [0.05, 0.1) is 0 Å². The van der Waals surface area contributed by atoms with Crippen LogP contribution < -0.4 is 0 Å². The SMILES string of the molecule is O=C(O)c1nonc1C1CCCC1.